The number of anilines is 1. The summed E-state index contributed by atoms with van der Waals surface area (Å²) in [6.45, 7) is 0. The van der Waals surface area contributed by atoms with Crippen molar-refractivity contribution in [1.82, 2.24) is 0 Å². The lowest BCUT2D eigenvalue weighted by Gasteiger charge is -2.09. The van der Waals surface area contributed by atoms with Gasteiger partial charge in [0, 0.05) is 5.69 Å². The van der Waals surface area contributed by atoms with Gasteiger partial charge in [-0.1, -0.05) is 18.2 Å². The zero-order valence-electron chi connectivity index (χ0n) is 11.8. The van der Waals surface area contributed by atoms with Crippen molar-refractivity contribution in [1.29, 1.82) is 0 Å². The molecular weight excluding hydrogens is 270 g/mol. The van der Waals surface area contributed by atoms with Gasteiger partial charge in [-0.25, -0.2) is 9.59 Å². The maximum absolute atomic E-state index is 11.8. The highest BCUT2D eigenvalue weighted by Gasteiger charge is 2.19. The normalized spacial score (nSPS) is 10.0. The molecule has 5 nitrogen and oxygen atoms in total. The minimum absolute atomic E-state index is 0.165. The van der Waals surface area contributed by atoms with E-state index in [-0.39, 0.29) is 11.1 Å². The third kappa shape index (κ3) is 3.02. The number of nitrogens with two attached hydrogens (primary N) is 1. The zero-order chi connectivity index (χ0) is 15.4. The van der Waals surface area contributed by atoms with E-state index in [1.807, 2.05) is 12.1 Å². The minimum Gasteiger partial charge on any atom is -0.465 e. The summed E-state index contributed by atoms with van der Waals surface area (Å²) in [5, 5.41) is 0. The Morgan fingerprint density at radius 3 is 1.90 bits per heavy atom. The summed E-state index contributed by atoms with van der Waals surface area (Å²) in [4.78, 5) is 23.5. The standard InChI is InChI=1S/C16H15NO4/c1-20-15(18)13-8-5-11(9-14(13)16(19)21-2)10-3-6-12(17)7-4-10/h3-9H,17H2,1-2H3. The highest BCUT2D eigenvalue weighted by Crippen LogP contribution is 2.24. The summed E-state index contributed by atoms with van der Waals surface area (Å²) in [5.74, 6) is -1.17. The van der Waals surface area contributed by atoms with Crippen molar-refractivity contribution >= 4 is 17.6 Å². The second-order valence-corrected chi connectivity index (χ2v) is 4.37. The second-order valence-electron chi connectivity index (χ2n) is 4.37. The molecule has 2 rings (SSSR count). The average molecular weight is 285 g/mol. The van der Waals surface area contributed by atoms with Crippen molar-refractivity contribution in [3.8, 4) is 11.1 Å². The van der Waals surface area contributed by atoms with Gasteiger partial charge in [0.1, 0.15) is 0 Å². The Labute approximate surface area is 122 Å². The lowest BCUT2D eigenvalue weighted by atomic mass is 9.99. The molecule has 0 aromatic heterocycles. The number of hydrogen-bond acceptors (Lipinski definition) is 5. The van der Waals surface area contributed by atoms with Crippen molar-refractivity contribution in [3.05, 3.63) is 53.6 Å². The summed E-state index contributed by atoms with van der Waals surface area (Å²) in [6, 6.07) is 12.1. The third-order valence-electron chi connectivity index (χ3n) is 3.07. The molecule has 5 heteroatoms. The number of methoxy groups -OCH3 is 2. The molecule has 0 spiro atoms. The van der Waals surface area contributed by atoms with E-state index in [1.165, 1.54) is 14.2 Å². The Morgan fingerprint density at radius 2 is 1.33 bits per heavy atom. The number of nitrogen functional groups attached to an aromatic ring is 1. The van der Waals surface area contributed by atoms with Gasteiger partial charge in [0.25, 0.3) is 0 Å². The van der Waals surface area contributed by atoms with Crippen molar-refractivity contribution in [3.63, 3.8) is 0 Å². The zero-order valence-corrected chi connectivity index (χ0v) is 11.8. The molecule has 2 aromatic rings. The van der Waals surface area contributed by atoms with Crippen LogP contribution >= 0.6 is 0 Å². The quantitative estimate of drug-likeness (QED) is 0.692. The van der Waals surface area contributed by atoms with E-state index in [0.29, 0.717) is 5.69 Å². The van der Waals surface area contributed by atoms with Gasteiger partial charge in [-0.15, -0.1) is 0 Å². The number of ether oxygens (including phenoxy) is 2. The second kappa shape index (κ2) is 6.09. The van der Waals surface area contributed by atoms with Crippen LogP contribution in [0.4, 0.5) is 5.69 Å². The van der Waals surface area contributed by atoms with Gasteiger partial charge in [0.05, 0.1) is 25.3 Å². The average Bonchev–Trinajstić information content (AvgIpc) is 2.53. The Morgan fingerprint density at radius 1 is 0.810 bits per heavy atom. The topological polar surface area (TPSA) is 78.6 Å². The van der Waals surface area contributed by atoms with E-state index in [2.05, 4.69) is 4.74 Å². The van der Waals surface area contributed by atoms with E-state index in [9.17, 15) is 9.59 Å². The smallest absolute Gasteiger partial charge is 0.338 e. The van der Waals surface area contributed by atoms with Crippen LogP contribution in [0.25, 0.3) is 11.1 Å². The molecule has 21 heavy (non-hydrogen) atoms. The lowest BCUT2D eigenvalue weighted by Crippen LogP contribution is -2.11. The molecule has 0 radical (unpaired) electrons. The maximum Gasteiger partial charge on any atom is 0.338 e. The van der Waals surface area contributed by atoms with Crippen LogP contribution in [0.15, 0.2) is 42.5 Å². The summed E-state index contributed by atoms with van der Waals surface area (Å²) in [7, 11) is 2.52. The van der Waals surface area contributed by atoms with Crippen molar-refractivity contribution in [2.45, 2.75) is 0 Å². The fraction of sp³-hybridized carbons (Fsp3) is 0.125. The Hall–Kier alpha value is -2.82. The number of hydrogen-bond donors (Lipinski definition) is 1. The molecule has 0 aliphatic heterocycles. The van der Waals surface area contributed by atoms with Crippen LogP contribution in [0.1, 0.15) is 20.7 Å². The largest absolute Gasteiger partial charge is 0.465 e. The number of carbonyl (C=O) groups is 2. The molecule has 0 bridgehead atoms. The van der Waals surface area contributed by atoms with E-state index in [0.717, 1.165) is 11.1 Å². The van der Waals surface area contributed by atoms with Crippen LogP contribution in [-0.2, 0) is 9.47 Å². The lowest BCUT2D eigenvalue weighted by molar-refractivity contribution is 0.0555. The van der Waals surface area contributed by atoms with Gasteiger partial charge in [-0.2, -0.15) is 0 Å². The van der Waals surface area contributed by atoms with Crippen LogP contribution in [0.2, 0.25) is 0 Å². The maximum atomic E-state index is 11.8. The van der Waals surface area contributed by atoms with E-state index < -0.39 is 11.9 Å². The van der Waals surface area contributed by atoms with E-state index in [1.54, 1.807) is 30.3 Å². The fourth-order valence-corrected chi connectivity index (χ4v) is 1.97. The van der Waals surface area contributed by atoms with Gasteiger partial charge in [0.15, 0.2) is 0 Å². The summed E-state index contributed by atoms with van der Waals surface area (Å²) < 4.78 is 9.38. The summed E-state index contributed by atoms with van der Waals surface area (Å²) in [6.07, 6.45) is 0. The number of rotatable bonds is 3. The SMILES string of the molecule is COC(=O)c1ccc(-c2ccc(N)cc2)cc1C(=O)OC. The number of benzene rings is 2. The first-order chi connectivity index (χ1) is 10.1. The molecule has 2 N–H and O–H groups in total. The predicted molar refractivity (Wildman–Crippen MR) is 79.0 cm³/mol. The van der Waals surface area contributed by atoms with E-state index in [4.69, 9.17) is 10.5 Å². The Kier molecular flexibility index (Phi) is 4.23. The summed E-state index contributed by atoms with van der Waals surface area (Å²) in [5.41, 5.74) is 8.30. The molecule has 0 aliphatic carbocycles. The van der Waals surface area contributed by atoms with Crippen LogP contribution in [0.5, 0.6) is 0 Å². The first-order valence-electron chi connectivity index (χ1n) is 6.23. The third-order valence-corrected chi connectivity index (χ3v) is 3.07. The fourth-order valence-electron chi connectivity index (χ4n) is 1.97. The van der Waals surface area contributed by atoms with Gasteiger partial charge < -0.3 is 15.2 Å². The number of esters is 2. The van der Waals surface area contributed by atoms with Crippen LogP contribution in [0, 0.1) is 0 Å². The first-order valence-corrected chi connectivity index (χ1v) is 6.23. The van der Waals surface area contributed by atoms with Crippen molar-refractivity contribution in [2.75, 3.05) is 20.0 Å². The number of carbonyl (C=O) groups excluding carboxylic acids is 2. The van der Waals surface area contributed by atoms with Crippen molar-refractivity contribution in [2.24, 2.45) is 0 Å². The molecule has 0 fully saturated rings. The molecule has 0 amide bonds. The molecule has 0 aliphatic rings. The van der Waals surface area contributed by atoms with Gasteiger partial charge in [-0.3, -0.25) is 0 Å². The Balaban J connectivity index is 2.53. The molecule has 0 saturated heterocycles. The predicted octanol–water partition coefficient (Wildman–Crippen LogP) is 2.51. The molecule has 0 atom stereocenters. The Bertz CT molecular complexity index is 677. The molecule has 108 valence electrons. The van der Waals surface area contributed by atoms with Gasteiger partial charge in [-0.05, 0) is 35.4 Å². The van der Waals surface area contributed by atoms with Crippen LogP contribution < -0.4 is 5.73 Å². The van der Waals surface area contributed by atoms with Crippen molar-refractivity contribution < 1.29 is 19.1 Å². The minimum atomic E-state index is -0.590. The van der Waals surface area contributed by atoms with Crippen LogP contribution in [0.3, 0.4) is 0 Å². The highest BCUT2D eigenvalue weighted by molar-refractivity contribution is 6.04. The molecule has 2 aromatic carbocycles. The first kappa shape index (κ1) is 14.6. The monoisotopic (exact) mass is 285 g/mol. The summed E-state index contributed by atoms with van der Waals surface area (Å²) >= 11 is 0. The van der Waals surface area contributed by atoms with Gasteiger partial charge in [0.2, 0.25) is 0 Å². The van der Waals surface area contributed by atoms with E-state index >= 15 is 0 Å². The molecular formula is C16H15NO4. The molecule has 0 heterocycles. The van der Waals surface area contributed by atoms with Crippen LogP contribution in [-0.4, -0.2) is 26.2 Å². The highest BCUT2D eigenvalue weighted by atomic mass is 16.5. The van der Waals surface area contributed by atoms with Gasteiger partial charge >= 0.3 is 11.9 Å². The molecule has 0 unspecified atom stereocenters. The molecule has 0 saturated carbocycles.